The summed E-state index contributed by atoms with van der Waals surface area (Å²) >= 11 is 0. The van der Waals surface area contributed by atoms with Gasteiger partial charge in [-0.3, -0.25) is 9.78 Å². The van der Waals surface area contributed by atoms with Crippen LogP contribution in [0.4, 0.5) is 19.0 Å². The summed E-state index contributed by atoms with van der Waals surface area (Å²) in [4.78, 5) is 22.3. The second-order valence-corrected chi connectivity index (χ2v) is 6.76. The molecule has 3 heterocycles. The molecule has 12 heteroatoms. The zero-order valence-electron chi connectivity index (χ0n) is 15.4. The minimum atomic E-state index is -4.68. The number of halogens is 3. The molecule has 3 rings (SSSR count). The molecule has 0 saturated carbocycles. The highest BCUT2D eigenvalue weighted by molar-refractivity contribution is 5.75. The second-order valence-electron chi connectivity index (χ2n) is 6.76. The molecule has 0 radical (unpaired) electrons. The van der Waals surface area contributed by atoms with Gasteiger partial charge in [0, 0.05) is 19.2 Å². The quantitative estimate of drug-likeness (QED) is 0.637. The van der Waals surface area contributed by atoms with Crippen LogP contribution in [-0.4, -0.2) is 60.4 Å². The number of nitrogens with zero attached hydrogens (tertiary/aromatic N) is 4. The summed E-state index contributed by atoms with van der Waals surface area (Å²) in [6, 6.07) is -1.03. The molecule has 1 fully saturated rings. The first kappa shape index (κ1) is 21.1. The van der Waals surface area contributed by atoms with Crippen molar-refractivity contribution >= 4 is 11.6 Å². The third-order valence-corrected chi connectivity index (χ3v) is 4.44. The van der Waals surface area contributed by atoms with Gasteiger partial charge in [-0.15, -0.1) is 0 Å². The van der Waals surface area contributed by atoms with E-state index in [9.17, 15) is 28.2 Å². The maximum absolute atomic E-state index is 12.9. The topological polar surface area (TPSA) is 122 Å². The van der Waals surface area contributed by atoms with Gasteiger partial charge in [-0.25, -0.2) is 9.97 Å². The first-order valence-electron chi connectivity index (χ1n) is 8.80. The lowest BCUT2D eigenvalue weighted by Crippen LogP contribution is -2.52. The molecule has 0 amide bonds. The van der Waals surface area contributed by atoms with E-state index in [4.69, 9.17) is 4.74 Å². The Morgan fingerprint density at radius 1 is 1.38 bits per heavy atom. The molecule has 4 atom stereocenters. The highest BCUT2D eigenvalue weighted by Gasteiger charge is 2.41. The maximum atomic E-state index is 12.9. The van der Waals surface area contributed by atoms with Crippen LogP contribution < -0.4 is 5.32 Å². The lowest BCUT2D eigenvalue weighted by molar-refractivity contribution is -0.141. The number of hydrogen-bond donors (Lipinski definition) is 3. The predicted octanol–water partition coefficient (Wildman–Crippen LogP) is 0.945. The SMILES string of the molecule is CC(=O)CCn1cnc([C@H]2OC[C@H](O)[C@H](O)[C@H]2Nc2cncc(C(F)(F)F)n2)c1. The van der Waals surface area contributed by atoms with Gasteiger partial charge in [0.25, 0.3) is 0 Å². The fraction of sp³-hybridized carbons (Fsp3) is 0.529. The lowest BCUT2D eigenvalue weighted by atomic mass is 9.95. The van der Waals surface area contributed by atoms with Gasteiger partial charge in [0.05, 0.1) is 37.1 Å². The Hall–Kier alpha value is -2.57. The molecule has 0 spiro atoms. The number of aliphatic hydroxyl groups excluding tert-OH is 2. The Labute approximate surface area is 163 Å². The molecule has 1 aliphatic rings. The molecule has 9 nitrogen and oxygen atoms in total. The van der Waals surface area contributed by atoms with Gasteiger partial charge in [0.15, 0.2) is 5.69 Å². The zero-order valence-corrected chi connectivity index (χ0v) is 15.4. The lowest BCUT2D eigenvalue weighted by Gasteiger charge is -2.38. The fourth-order valence-electron chi connectivity index (χ4n) is 2.93. The van der Waals surface area contributed by atoms with Crippen molar-refractivity contribution in [2.24, 2.45) is 0 Å². The number of nitrogens with one attached hydrogen (secondary N) is 1. The Morgan fingerprint density at radius 3 is 2.83 bits per heavy atom. The Bertz CT molecular complexity index is 860. The van der Waals surface area contributed by atoms with E-state index in [-0.39, 0.29) is 18.2 Å². The molecule has 2 aromatic heterocycles. The first-order chi connectivity index (χ1) is 13.6. The molecule has 0 aliphatic carbocycles. The van der Waals surface area contributed by atoms with E-state index in [1.807, 2.05) is 0 Å². The standard InChI is InChI=1S/C17H20F3N5O4/c1-9(26)2-3-25-6-10(22-8-25)16-14(15(28)11(27)7-29-16)24-13-5-21-4-12(23-13)17(18,19)20/h4-6,8,11,14-16,27-28H,2-3,7H2,1H3,(H,23,24)/t11-,14+,15-,16+/m0/s1. The van der Waals surface area contributed by atoms with Crippen molar-refractivity contribution in [3.63, 3.8) is 0 Å². The van der Waals surface area contributed by atoms with Crippen LogP contribution in [0.15, 0.2) is 24.9 Å². The van der Waals surface area contributed by atoms with E-state index in [1.54, 1.807) is 10.8 Å². The predicted molar refractivity (Wildman–Crippen MR) is 92.7 cm³/mol. The van der Waals surface area contributed by atoms with Gasteiger partial charge >= 0.3 is 6.18 Å². The molecule has 0 aromatic carbocycles. The van der Waals surface area contributed by atoms with Crippen LogP contribution in [-0.2, 0) is 22.3 Å². The molecule has 3 N–H and O–H groups in total. The highest BCUT2D eigenvalue weighted by Crippen LogP contribution is 2.31. The van der Waals surface area contributed by atoms with E-state index >= 15 is 0 Å². The molecular weight excluding hydrogens is 395 g/mol. The molecule has 0 unspecified atom stereocenters. The van der Waals surface area contributed by atoms with Crippen molar-refractivity contribution in [2.75, 3.05) is 11.9 Å². The molecule has 1 aliphatic heterocycles. The van der Waals surface area contributed by atoms with E-state index in [0.717, 1.165) is 6.20 Å². The monoisotopic (exact) mass is 415 g/mol. The third-order valence-electron chi connectivity index (χ3n) is 4.44. The van der Waals surface area contributed by atoms with E-state index in [0.29, 0.717) is 24.9 Å². The number of ether oxygens (including phenoxy) is 1. The van der Waals surface area contributed by atoms with Crippen LogP contribution in [0.2, 0.25) is 0 Å². The molecule has 0 bridgehead atoms. The number of carbonyl (C=O) groups is 1. The molecule has 2 aromatic rings. The van der Waals surface area contributed by atoms with Gasteiger partial charge in [0.1, 0.15) is 29.9 Å². The van der Waals surface area contributed by atoms with Crippen molar-refractivity contribution in [2.45, 2.75) is 50.4 Å². The van der Waals surface area contributed by atoms with Crippen molar-refractivity contribution in [3.8, 4) is 0 Å². The summed E-state index contributed by atoms with van der Waals surface area (Å²) in [5.41, 5.74) is -0.809. The number of aryl methyl sites for hydroxylation is 1. The number of alkyl halides is 3. The van der Waals surface area contributed by atoms with Crippen LogP contribution in [0.25, 0.3) is 0 Å². The molecular formula is C17H20F3N5O4. The van der Waals surface area contributed by atoms with Gasteiger partial charge < -0.3 is 24.8 Å². The number of anilines is 1. The number of hydrogen-bond acceptors (Lipinski definition) is 8. The van der Waals surface area contributed by atoms with Crippen LogP contribution in [0, 0.1) is 0 Å². The highest BCUT2D eigenvalue weighted by atomic mass is 19.4. The summed E-state index contributed by atoms with van der Waals surface area (Å²) in [5, 5.41) is 23.0. The number of aromatic nitrogens is 4. The van der Waals surface area contributed by atoms with Crippen LogP contribution in [0.3, 0.4) is 0 Å². The van der Waals surface area contributed by atoms with E-state index < -0.39 is 36.2 Å². The van der Waals surface area contributed by atoms with Crippen molar-refractivity contribution in [1.29, 1.82) is 0 Å². The van der Waals surface area contributed by atoms with Crippen molar-refractivity contribution in [1.82, 2.24) is 19.5 Å². The Kier molecular flexibility index (Phi) is 6.15. The summed E-state index contributed by atoms with van der Waals surface area (Å²) in [7, 11) is 0. The summed E-state index contributed by atoms with van der Waals surface area (Å²) < 4.78 is 45.9. The number of imidazole rings is 1. The van der Waals surface area contributed by atoms with Crippen LogP contribution in [0.5, 0.6) is 0 Å². The first-order valence-corrected chi connectivity index (χ1v) is 8.80. The zero-order chi connectivity index (χ0) is 21.2. The van der Waals surface area contributed by atoms with Gasteiger partial charge in [-0.2, -0.15) is 13.2 Å². The van der Waals surface area contributed by atoms with E-state index in [2.05, 4.69) is 20.3 Å². The summed E-state index contributed by atoms with van der Waals surface area (Å²) in [6.45, 7) is 1.69. The average molecular weight is 415 g/mol. The van der Waals surface area contributed by atoms with Crippen LogP contribution in [0.1, 0.15) is 30.8 Å². The smallest absolute Gasteiger partial charge is 0.388 e. The largest absolute Gasteiger partial charge is 0.434 e. The van der Waals surface area contributed by atoms with Gasteiger partial charge in [0.2, 0.25) is 0 Å². The minimum Gasteiger partial charge on any atom is -0.388 e. The number of aliphatic hydroxyl groups is 2. The number of ketones is 1. The van der Waals surface area contributed by atoms with E-state index in [1.165, 1.54) is 13.3 Å². The second kappa shape index (κ2) is 8.43. The van der Waals surface area contributed by atoms with Crippen LogP contribution >= 0.6 is 0 Å². The number of Topliss-reactive ketones (excluding diaryl/α,β-unsaturated/α-hetero) is 1. The molecule has 29 heavy (non-hydrogen) atoms. The fourth-order valence-corrected chi connectivity index (χ4v) is 2.93. The van der Waals surface area contributed by atoms with Gasteiger partial charge in [-0.05, 0) is 6.92 Å². The normalized spacial score (nSPS) is 25.0. The average Bonchev–Trinajstić information content (AvgIpc) is 3.12. The Balaban J connectivity index is 1.82. The summed E-state index contributed by atoms with van der Waals surface area (Å²) in [5.74, 6) is -0.224. The number of carbonyl (C=O) groups excluding carboxylic acids is 1. The maximum Gasteiger partial charge on any atom is 0.434 e. The molecule has 158 valence electrons. The number of rotatable bonds is 6. The minimum absolute atomic E-state index is 0.00961. The van der Waals surface area contributed by atoms with Crippen molar-refractivity contribution in [3.05, 3.63) is 36.3 Å². The summed E-state index contributed by atoms with van der Waals surface area (Å²) in [6.07, 6.45) is -3.08. The molecule has 1 saturated heterocycles. The van der Waals surface area contributed by atoms with Crippen molar-refractivity contribution < 1.29 is 32.9 Å². The Morgan fingerprint density at radius 2 is 2.14 bits per heavy atom. The third kappa shape index (κ3) is 5.08. The van der Waals surface area contributed by atoms with Gasteiger partial charge in [-0.1, -0.05) is 0 Å².